The minimum Gasteiger partial charge on any atom is -0.322 e. The maximum absolute atomic E-state index is 12.5. The van der Waals surface area contributed by atoms with Gasteiger partial charge in [-0.05, 0) is 42.7 Å². The molecule has 2 aromatic rings. The number of hydrogen-bond donors (Lipinski definition) is 1. The average Bonchev–Trinajstić information content (AvgIpc) is 2.54. The van der Waals surface area contributed by atoms with Crippen LogP contribution in [0.2, 0.25) is 0 Å². The van der Waals surface area contributed by atoms with E-state index in [0.29, 0.717) is 11.3 Å². The van der Waals surface area contributed by atoms with Crippen molar-refractivity contribution in [2.24, 2.45) is 0 Å². The molecule has 0 radical (unpaired) electrons. The summed E-state index contributed by atoms with van der Waals surface area (Å²) >= 11 is 0. The lowest BCUT2D eigenvalue weighted by atomic mass is 10.1. The molecule has 0 heterocycles. The third-order valence-corrected chi connectivity index (χ3v) is 5.15. The number of sulfonamides is 1. The van der Waals surface area contributed by atoms with Crippen LogP contribution >= 0.6 is 0 Å². The number of amides is 1. The predicted molar refractivity (Wildman–Crippen MR) is 98.2 cm³/mol. The highest BCUT2D eigenvalue weighted by Crippen LogP contribution is 2.24. The van der Waals surface area contributed by atoms with Crippen molar-refractivity contribution < 1.29 is 13.2 Å². The molecule has 0 aliphatic rings. The van der Waals surface area contributed by atoms with E-state index in [4.69, 9.17) is 0 Å². The Labute approximate surface area is 143 Å². The summed E-state index contributed by atoms with van der Waals surface area (Å²) in [6.07, 6.45) is 1.95. The highest BCUT2D eigenvalue weighted by molar-refractivity contribution is 7.92. The van der Waals surface area contributed by atoms with Crippen LogP contribution in [0.15, 0.2) is 42.5 Å². The van der Waals surface area contributed by atoms with Crippen LogP contribution in [-0.2, 0) is 16.4 Å². The first kappa shape index (κ1) is 18.0. The molecular formula is C18H22N2O3S. The van der Waals surface area contributed by atoms with Gasteiger partial charge in [0.05, 0.1) is 11.9 Å². The summed E-state index contributed by atoms with van der Waals surface area (Å²) in [5, 5.41) is 2.90. The van der Waals surface area contributed by atoms with Crippen molar-refractivity contribution in [3.05, 3.63) is 59.2 Å². The normalized spacial score (nSPS) is 11.2. The lowest BCUT2D eigenvalue weighted by Gasteiger charge is -2.20. The zero-order valence-electron chi connectivity index (χ0n) is 14.3. The van der Waals surface area contributed by atoms with Crippen LogP contribution in [0, 0.1) is 6.92 Å². The molecule has 0 aliphatic carbocycles. The Morgan fingerprint density at radius 1 is 1.17 bits per heavy atom. The van der Waals surface area contributed by atoms with E-state index in [2.05, 4.69) is 5.32 Å². The minimum atomic E-state index is -3.39. The van der Waals surface area contributed by atoms with E-state index in [0.717, 1.165) is 29.5 Å². The van der Waals surface area contributed by atoms with Gasteiger partial charge in [0.25, 0.3) is 5.91 Å². The van der Waals surface area contributed by atoms with E-state index in [9.17, 15) is 13.2 Å². The van der Waals surface area contributed by atoms with Gasteiger partial charge in [-0.1, -0.05) is 31.2 Å². The van der Waals surface area contributed by atoms with Crippen molar-refractivity contribution >= 4 is 27.3 Å². The number of rotatable bonds is 5. The summed E-state index contributed by atoms with van der Waals surface area (Å²) in [6, 6.07) is 12.7. The second-order valence-corrected chi connectivity index (χ2v) is 7.71. The number of nitrogens with one attached hydrogen (secondary N) is 1. The Bertz CT molecular complexity index is 860. The van der Waals surface area contributed by atoms with Crippen molar-refractivity contribution in [2.75, 3.05) is 22.9 Å². The topological polar surface area (TPSA) is 66.5 Å². The summed E-state index contributed by atoms with van der Waals surface area (Å²) in [5.41, 5.74) is 3.51. The molecule has 0 atom stereocenters. The van der Waals surface area contributed by atoms with E-state index < -0.39 is 10.0 Å². The van der Waals surface area contributed by atoms with E-state index >= 15 is 0 Å². The van der Waals surface area contributed by atoms with Crippen molar-refractivity contribution in [1.29, 1.82) is 0 Å². The van der Waals surface area contributed by atoms with Gasteiger partial charge in [0.1, 0.15) is 0 Å². The Kier molecular flexibility index (Phi) is 5.29. The van der Waals surface area contributed by atoms with Crippen molar-refractivity contribution in [3.8, 4) is 0 Å². The number of aryl methyl sites for hydroxylation is 2. The SMILES string of the molecule is CCc1ccccc1NC(=O)c1ccc(C)c(N(C)S(C)(=O)=O)c1. The molecule has 0 aromatic heterocycles. The van der Waals surface area contributed by atoms with Crippen LogP contribution in [0.25, 0.3) is 0 Å². The smallest absolute Gasteiger partial charge is 0.255 e. The second-order valence-electron chi connectivity index (χ2n) is 5.70. The Morgan fingerprint density at radius 3 is 2.46 bits per heavy atom. The second kappa shape index (κ2) is 7.05. The van der Waals surface area contributed by atoms with Crippen LogP contribution in [0.3, 0.4) is 0 Å². The van der Waals surface area contributed by atoms with Crippen LogP contribution in [0.4, 0.5) is 11.4 Å². The summed E-state index contributed by atoms with van der Waals surface area (Å²) in [6.45, 7) is 3.83. The third-order valence-electron chi connectivity index (χ3n) is 3.95. The number of carbonyl (C=O) groups excluding carboxylic acids is 1. The molecule has 0 fully saturated rings. The van der Waals surface area contributed by atoms with Crippen LogP contribution in [0.1, 0.15) is 28.4 Å². The molecule has 0 saturated carbocycles. The van der Waals surface area contributed by atoms with E-state index in [1.54, 1.807) is 18.2 Å². The van der Waals surface area contributed by atoms with Crippen LogP contribution in [-0.4, -0.2) is 27.6 Å². The molecule has 24 heavy (non-hydrogen) atoms. The van der Waals surface area contributed by atoms with Gasteiger partial charge in [-0.3, -0.25) is 9.10 Å². The first-order chi connectivity index (χ1) is 11.2. The number of anilines is 2. The first-order valence-electron chi connectivity index (χ1n) is 7.68. The summed E-state index contributed by atoms with van der Waals surface area (Å²) in [5.74, 6) is -0.265. The van der Waals surface area contributed by atoms with E-state index in [-0.39, 0.29) is 5.91 Å². The minimum absolute atomic E-state index is 0.265. The fourth-order valence-electron chi connectivity index (χ4n) is 2.41. The van der Waals surface area contributed by atoms with Gasteiger partial charge in [0, 0.05) is 18.3 Å². The largest absolute Gasteiger partial charge is 0.322 e. The molecule has 0 saturated heterocycles. The highest BCUT2D eigenvalue weighted by atomic mass is 32.2. The van der Waals surface area contributed by atoms with Gasteiger partial charge in [-0.25, -0.2) is 8.42 Å². The standard InChI is InChI=1S/C18H22N2O3S/c1-5-14-8-6-7-9-16(14)19-18(21)15-11-10-13(2)17(12-15)20(3)24(4,22)23/h6-12H,5H2,1-4H3,(H,19,21). The Morgan fingerprint density at radius 2 is 1.83 bits per heavy atom. The molecule has 0 spiro atoms. The number of hydrogen-bond acceptors (Lipinski definition) is 3. The van der Waals surface area contributed by atoms with Gasteiger partial charge >= 0.3 is 0 Å². The average molecular weight is 346 g/mol. The molecule has 0 aliphatic heterocycles. The quantitative estimate of drug-likeness (QED) is 0.904. The van der Waals surface area contributed by atoms with Crippen molar-refractivity contribution in [1.82, 2.24) is 0 Å². The fraction of sp³-hybridized carbons (Fsp3) is 0.278. The summed E-state index contributed by atoms with van der Waals surface area (Å²) in [7, 11) is -1.91. The molecule has 0 unspecified atom stereocenters. The van der Waals surface area contributed by atoms with Crippen molar-refractivity contribution in [2.45, 2.75) is 20.3 Å². The number of nitrogens with zero attached hydrogens (tertiary/aromatic N) is 1. The molecular weight excluding hydrogens is 324 g/mol. The van der Waals surface area contributed by atoms with Gasteiger partial charge in [0.2, 0.25) is 10.0 Å². The maximum atomic E-state index is 12.5. The van der Waals surface area contributed by atoms with E-state index in [1.807, 2.05) is 38.1 Å². The maximum Gasteiger partial charge on any atom is 0.255 e. The van der Waals surface area contributed by atoms with Gasteiger partial charge in [-0.2, -0.15) is 0 Å². The monoisotopic (exact) mass is 346 g/mol. The van der Waals surface area contributed by atoms with Gasteiger partial charge in [-0.15, -0.1) is 0 Å². The molecule has 0 bridgehead atoms. The molecule has 1 amide bonds. The zero-order valence-corrected chi connectivity index (χ0v) is 15.1. The summed E-state index contributed by atoms with van der Waals surface area (Å²) in [4.78, 5) is 12.5. The Hall–Kier alpha value is -2.34. The third kappa shape index (κ3) is 3.94. The number of para-hydroxylation sites is 1. The lowest BCUT2D eigenvalue weighted by molar-refractivity contribution is 0.102. The molecule has 128 valence electrons. The first-order valence-corrected chi connectivity index (χ1v) is 9.52. The van der Waals surface area contributed by atoms with Crippen LogP contribution < -0.4 is 9.62 Å². The zero-order chi connectivity index (χ0) is 17.9. The number of benzene rings is 2. The highest BCUT2D eigenvalue weighted by Gasteiger charge is 2.17. The van der Waals surface area contributed by atoms with Gasteiger partial charge < -0.3 is 5.32 Å². The molecule has 5 nitrogen and oxygen atoms in total. The molecule has 1 N–H and O–H groups in total. The molecule has 6 heteroatoms. The predicted octanol–water partition coefficient (Wildman–Crippen LogP) is 3.21. The Balaban J connectivity index is 2.34. The van der Waals surface area contributed by atoms with E-state index in [1.165, 1.54) is 11.4 Å². The van der Waals surface area contributed by atoms with Gasteiger partial charge in [0.15, 0.2) is 0 Å². The summed E-state index contributed by atoms with van der Waals surface area (Å²) < 4.78 is 24.7. The lowest BCUT2D eigenvalue weighted by Crippen LogP contribution is -2.26. The molecule has 2 rings (SSSR count). The fourth-order valence-corrected chi connectivity index (χ4v) is 2.97. The van der Waals surface area contributed by atoms with Crippen molar-refractivity contribution in [3.63, 3.8) is 0 Å². The molecule has 2 aromatic carbocycles. The van der Waals surface area contributed by atoms with Crippen LogP contribution in [0.5, 0.6) is 0 Å². The number of carbonyl (C=O) groups is 1.